The van der Waals surface area contributed by atoms with Gasteiger partial charge in [-0.05, 0) is 54.5 Å². The second kappa shape index (κ2) is 8.78. The molecule has 2 saturated heterocycles. The molecule has 186 valence electrons. The van der Waals surface area contributed by atoms with E-state index in [2.05, 4.69) is 5.32 Å². The molecule has 2 fully saturated rings. The predicted octanol–water partition coefficient (Wildman–Crippen LogP) is 4.81. The maximum absolute atomic E-state index is 13.9. The molecule has 0 radical (unpaired) electrons. The fraction of sp³-hybridized carbons (Fsp3) is 0.207. The van der Waals surface area contributed by atoms with Crippen molar-refractivity contribution in [1.29, 1.82) is 0 Å². The van der Waals surface area contributed by atoms with Gasteiger partial charge in [-0.2, -0.15) is 0 Å². The van der Waals surface area contributed by atoms with Crippen LogP contribution in [0.15, 0.2) is 72.9 Å². The number of carbonyl (C=O) groups excluding carboxylic acids is 3. The maximum atomic E-state index is 13.9. The average molecular weight is 514 g/mol. The fourth-order valence-corrected chi connectivity index (χ4v) is 5.96. The maximum Gasteiger partial charge on any atom is 0.248 e. The summed E-state index contributed by atoms with van der Waals surface area (Å²) in [6, 6.07) is 18.6. The van der Waals surface area contributed by atoms with Crippen LogP contribution in [0.2, 0.25) is 5.02 Å². The summed E-state index contributed by atoms with van der Waals surface area (Å²) in [5.74, 6) is -2.21. The number of amides is 3. The Morgan fingerprint density at radius 1 is 0.973 bits per heavy atom. The van der Waals surface area contributed by atoms with Crippen LogP contribution in [0.25, 0.3) is 6.08 Å². The Balaban J connectivity index is 1.44. The zero-order valence-corrected chi connectivity index (χ0v) is 21.0. The lowest BCUT2D eigenvalue weighted by molar-refractivity contribution is -0.128. The van der Waals surface area contributed by atoms with Crippen molar-refractivity contribution in [1.82, 2.24) is 4.90 Å². The molecule has 3 aliphatic rings. The van der Waals surface area contributed by atoms with E-state index in [1.54, 1.807) is 30.3 Å². The fourth-order valence-electron chi connectivity index (χ4n) is 5.79. The first-order valence-electron chi connectivity index (χ1n) is 12.0. The molecule has 3 amide bonds. The molecule has 4 atom stereocenters. The van der Waals surface area contributed by atoms with Gasteiger partial charge < -0.3 is 15.0 Å². The molecule has 0 aromatic heterocycles. The molecular weight excluding hydrogens is 490 g/mol. The van der Waals surface area contributed by atoms with Gasteiger partial charge in [0.25, 0.3) is 0 Å². The lowest BCUT2D eigenvalue weighted by Crippen LogP contribution is -2.46. The number of rotatable bonds is 4. The summed E-state index contributed by atoms with van der Waals surface area (Å²) >= 11 is 6.18. The van der Waals surface area contributed by atoms with E-state index in [1.807, 2.05) is 60.5 Å². The first-order valence-corrected chi connectivity index (χ1v) is 12.4. The van der Waals surface area contributed by atoms with Gasteiger partial charge in [-0.3, -0.25) is 14.4 Å². The van der Waals surface area contributed by atoms with Crippen LogP contribution in [0.5, 0.6) is 5.75 Å². The lowest BCUT2D eigenvalue weighted by atomic mass is 9.84. The number of nitrogens with zero attached hydrogens (tertiary/aromatic N) is 2. The number of anilines is 2. The Labute approximate surface area is 219 Å². The third kappa shape index (κ3) is 3.61. The van der Waals surface area contributed by atoms with Crippen LogP contribution in [0, 0.1) is 18.8 Å². The second-order valence-corrected chi connectivity index (χ2v) is 9.95. The van der Waals surface area contributed by atoms with Gasteiger partial charge in [0.15, 0.2) is 0 Å². The van der Waals surface area contributed by atoms with E-state index in [9.17, 15) is 14.4 Å². The van der Waals surface area contributed by atoms with E-state index >= 15 is 0 Å². The van der Waals surface area contributed by atoms with Crippen LogP contribution >= 0.6 is 11.6 Å². The van der Waals surface area contributed by atoms with Gasteiger partial charge in [0.2, 0.25) is 17.7 Å². The molecule has 0 bridgehead atoms. The molecule has 3 aromatic rings. The highest BCUT2D eigenvalue weighted by atomic mass is 35.5. The molecule has 8 heteroatoms. The first-order chi connectivity index (χ1) is 17.9. The molecule has 3 heterocycles. The number of halogens is 1. The predicted molar refractivity (Wildman–Crippen MR) is 141 cm³/mol. The van der Waals surface area contributed by atoms with Crippen LogP contribution in [-0.4, -0.2) is 35.8 Å². The highest BCUT2D eigenvalue weighted by molar-refractivity contribution is 6.31. The van der Waals surface area contributed by atoms with E-state index in [1.165, 1.54) is 12.0 Å². The lowest BCUT2D eigenvalue weighted by Gasteiger charge is -2.35. The summed E-state index contributed by atoms with van der Waals surface area (Å²) in [6.45, 7) is 1.94. The molecule has 0 unspecified atom stereocenters. The van der Waals surface area contributed by atoms with Crippen molar-refractivity contribution < 1.29 is 19.1 Å². The van der Waals surface area contributed by atoms with Gasteiger partial charge in [-0.25, -0.2) is 4.90 Å². The number of benzene rings is 3. The van der Waals surface area contributed by atoms with Crippen LogP contribution in [0.4, 0.5) is 11.4 Å². The Bertz CT molecular complexity index is 1470. The molecular formula is C29H24ClN3O4. The summed E-state index contributed by atoms with van der Waals surface area (Å²) in [5.41, 5.74) is 3.82. The summed E-state index contributed by atoms with van der Waals surface area (Å²) in [4.78, 5) is 44.8. The average Bonchev–Trinajstić information content (AvgIpc) is 3.37. The number of fused-ring (bicyclic) bond motifs is 5. The third-order valence-corrected chi connectivity index (χ3v) is 7.68. The van der Waals surface area contributed by atoms with E-state index in [-0.39, 0.29) is 11.8 Å². The SMILES string of the molecule is COc1ccc(Cl)cc1NC(=O)[C@@H]1[C@@H]2C(=O)N(c3ccc(C)cc3)C(=O)[C@H]2[C@H]2c3ccccc3C=CN12. The van der Waals surface area contributed by atoms with Gasteiger partial charge in [0, 0.05) is 11.2 Å². The summed E-state index contributed by atoms with van der Waals surface area (Å²) in [7, 11) is 1.50. The minimum Gasteiger partial charge on any atom is -0.495 e. The third-order valence-electron chi connectivity index (χ3n) is 7.44. The van der Waals surface area contributed by atoms with E-state index in [0.717, 1.165) is 16.7 Å². The van der Waals surface area contributed by atoms with Gasteiger partial charge in [-0.1, -0.05) is 53.6 Å². The van der Waals surface area contributed by atoms with E-state index < -0.39 is 29.8 Å². The molecule has 0 saturated carbocycles. The largest absolute Gasteiger partial charge is 0.495 e. The molecule has 3 aliphatic heterocycles. The summed E-state index contributed by atoms with van der Waals surface area (Å²) in [6.07, 6.45) is 3.74. The van der Waals surface area contributed by atoms with Crippen molar-refractivity contribution in [3.63, 3.8) is 0 Å². The smallest absolute Gasteiger partial charge is 0.248 e. The second-order valence-electron chi connectivity index (χ2n) is 9.51. The zero-order valence-electron chi connectivity index (χ0n) is 20.2. The molecule has 0 spiro atoms. The van der Waals surface area contributed by atoms with Crippen molar-refractivity contribution in [2.24, 2.45) is 11.8 Å². The molecule has 3 aromatic carbocycles. The van der Waals surface area contributed by atoms with Crippen molar-refractivity contribution >= 4 is 46.8 Å². The van der Waals surface area contributed by atoms with Crippen LogP contribution in [0.3, 0.4) is 0 Å². The number of hydrogen-bond donors (Lipinski definition) is 1. The van der Waals surface area contributed by atoms with Crippen LogP contribution in [-0.2, 0) is 14.4 Å². The number of methoxy groups -OCH3 is 1. The topological polar surface area (TPSA) is 79.0 Å². The minimum atomic E-state index is -0.907. The molecule has 37 heavy (non-hydrogen) atoms. The quantitative estimate of drug-likeness (QED) is 0.506. The normalized spacial score (nSPS) is 23.5. The van der Waals surface area contributed by atoms with Gasteiger partial charge >= 0.3 is 0 Å². The summed E-state index contributed by atoms with van der Waals surface area (Å²) in [5, 5.41) is 3.34. The summed E-state index contributed by atoms with van der Waals surface area (Å²) < 4.78 is 5.40. The standard InChI is InChI=1S/C29H24ClN3O4/c1-16-7-10-19(11-8-16)33-28(35)23-24(29(33)36)26(27(34)31-21-15-18(30)9-12-22(21)37-2)32-14-13-17-5-3-4-6-20(17)25(23)32/h3-15,23-26H,1-2H3,(H,31,34)/t23-,24-,25-,26+/m1/s1. The number of nitrogens with one attached hydrogen (secondary N) is 1. The zero-order chi connectivity index (χ0) is 25.8. The van der Waals surface area contributed by atoms with Crippen molar-refractivity contribution in [2.75, 3.05) is 17.3 Å². The van der Waals surface area contributed by atoms with Gasteiger partial charge in [-0.15, -0.1) is 0 Å². The Morgan fingerprint density at radius 3 is 2.46 bits per heavy atom. The Kier molecular flexibility index (Phi) is 5.53. The number of imide groups is 1. The van der Waals surface area contributed by atoms with Gasteiger partial charge in [0.1, 0.15) is 11.8 Å². The molecule has 0 aliphatic carbocycles. The monoisotopic (exact) mass is 513 g/mol. The van der Waals surface area contributed by atoms with Crippen LogP contribution in [0.1, 0.15) is 22.7 Å². The Morgan fingerprint density at radius 2 is 1.70 bits per heavy atom. The van der Waals surface area contributed by atoms with E-state index in [0.29, 0.717) is 22.1 Å². The molecule has 7 nitrogen and oxygen atoms in total. The van der Waals surface area contributed by atoms with Crippen molar-refractivity contribution in [3.8, 4) is 5.75 Å². The molecule has 1 N–H and O–H groups in total. The number of ether oxygens (including phenoxy) is 1. The van der Waals surface area contributed by atoms with E-state index in [4.69, 9.17) is 16.3 Å². The van der Waals surface area contributed by atoms with Crippen molar-refractivity contribution in [3.05, 3.63) is 94.6 Å². The first kappa shape index (κ1) is 23.3. The van der Waals surface area contributed by atoms with Gasteiger partial charge in [0.05, 0.1) is 36.4 Å². The Hall–Kier alpha value is -4.10. The number of aryl methyl sites for hydroxylation is 1. The number of carbonyl (C=O) groups is 3. The molecule has 6 rings (SSSR count). The highest BCUT2D eigenvalue weighted by Gasteiger charge is 2.64. The minimum absolute atomic E-state index is 0.297. The highest BCUT2D eigenvalue weighted by Crippen LogP contribution is 2.53. The van der Waals surface area contributed by atoms with Crippen molar-refractivity contribution in [2.45, 2.75) is 19.0 Å². The number of hydrogen-bond acceptors (Lipinski definition) is 5. The van der Waals surface area contributed by atoms with Crippen LogP contribution < -0.4 is 15.0 Å².